The lowest BCUT2D eigenvalue weighted by molar-refractivity contribution is -0.305. The Kier molecular flexibility index (Phi) is 31.7. The molecule has 0 radical (unpaired) electrons. The molecule has 0 amide bonds. The summed E-state index contributed by atoms with van der Waals surface area (Å²) in [6.07, 6.45) is 28.0. The van der Waals surface area contributed by atoms with E-state index in [-0.39, 0.29) is 19.2 Å². The topological polar surface area (TPSA) is 135 Å². The quantitative estimate of drug-likeness (QED) is 0.0290. The molecule has 1 aliphatic heterocycles. The van der Waals surface area contributed by atoms with Gasteiger partial charge in [-0.15, -0.1) is 0 Å². The summed E-state index contributed by atoms with van der Waals surface area (Å²) in [6.45, 7) is 4.55. The minimum atomic E-state index is -1.53. The van der Waals surface area contributed by atoms with E-state index in [1.54, 1.807) is 0 Å². The van der Waals surface area contributed by atoms with Gasteiger partial charge in [0.15, 0.2) is 6.29 Å². The number of rotatable bonds is 35. The zero-order valence-corrected chi connectivity index (χ0v) is 32.2. The van der Waals surface area contributed by atoms with Gasteiger partial charge in [-0.3, -0.25) is 4.79 Å². The number of allylic oxidation sites excluding steroid dienone is 2. The fourth-order valence-corrected chi connectivity index (χ4v) is 6.37. The smallest absolute Gasteiger partial charge is 0.306 e. The van der Waals surface area contributed by atoms with Crippen molar-refractivity contribution in [2.24, 2.45) is 0 Å². The van der Waals surface area contributed by atoms with E-state index in [1.807, 2.05) is 0 Å². The Hall–Kier alpha value is -1.07. The lowest BCUT2D eigenvalue weighted by atomic mass is 9.99. The zero-order chi connectivity index (χ0) is 36.5. The van der Waals surface area contributed by atoms with Crippen LogP contribution < -0.4 is 0 Å². The van der Waals surface area contributed by atoms with Gasteiger partial charge in [-0.1, -0.05) is 148 Å². The molecular weight excluding hydrogens is 636 g/mol. The number of carbonyl (C=O) groups is 1. The molecule has 296 valence electrons. The minimum absolute atomic E-state index is 0.110. The molecule has 6 unspecified atom stereocenters. The summed E-state index contributed by atoms with van der Waals surface area (Å²) in [5, 5.41) is 40.0. The van der Waals surface area contributed by atoms with Gasteiger partial charge in [-0.25, -0.2) is 0 Å². The van der Waals surface area contributed by atoms with E-state index in [0.717, 1.165) is 32.1 Å². The molecule has 0 saturated carbocycles. The Morgan fingerprint density at radius 1 is 0.620 bits per heavy atom. The van der Waals surface area contributed by atoms with Crippen molar-refractivity contribution in [3.05, 3.63) is 12.2 Å². The molecule has 4 N–H and O–H groups in total. The molecule has 50 heavy (non-hydrogen) atoms. The Balaban J connectivity index is 2.27. The highest BCUT2D eigenvalue weighted by atomic mass is 16.7. The summed E-state index contributed by atoms with van der Waals surface area (Å²) in [5.41, 5.74) is 0. The number of esters is 1. The van der Waals surface area contributed by atoms with Crippen molar-refractivity contribution in [1.82, 2.24) is 0 Å². The average Bonchev–Trinajstić information content (AvgIpc) is 3.11. The molecule has 1 fully saturated rings. The van der Waals surface area contributed by atoms with Crippen molar-refractivity contribution < 1.29 is 44.2 Å². The molecule has 1 aliphatic rings. The largest absolute Gasteiger partial charge is 0.457 e. The Morgan fingerprint density at radius 3 is 1.62 bits per heavy atom. The number of ether oxygens (including phenoxy) is 4. The average molecular weight is 715 g/mol. The van der Waals surface area contributed by atoms with E-state index in [1.165, 1.54) is 128 Å². The van der Waals surface area contributed by atoms with Crippen LogP contribution in [0.2, 0.25) is 0 Å². The van der Waals surface area contributed by atoms with Crippen LogP contribution in [-0.4, -0.2) is 89.6 Å². The van der Waals surface area contributed by atoms with E-state index in [0.29, 0.717) is 13.0 Å². The van der Waals surface area contributed by atoms with Crippen molar-refractivity contribution in [3.63, 3.8) is 0 Å². The second kappa shape index (κ2) is 33.7. The highest BCUT2D eigenvalue weighted by Crippen LogP contribution is 2.22. The maximum absolute atomic E-state index is 12.7. The second-order valence-corrected chi connectivity index (χ2v) is 14.4. The van der Waals surface area contributed by atoms with Crippen LogP contribution in [0.4, 0.5) is 0 Å². The first-order valence-electron chi connectivity index (χ1n) is 20.8. The molecule has 1 saturated heterocycles. The Labute approximate surface area is 305 Å². The van der Waals surface area contributed by atoms with Crippen LogP contribution in [0.15, 0.2) is 12.2 Å². The van der Waals surface area contributed by atoms with Crippen LogP contribution >= 0.6 is 0 Å². The Morgan fingerprint density at radius 2 is 1.10 bits per heavy atom. The first-order valence-corrected chi connectivity index (χ1v) is 20.8. The number of aliphatic hydroxyl groups is 4. The minimum Gasteiger partial charge on any atom is -0.457 e. The first-order chi connectivity index (χ1) is 24.4. The molecule has 1 heterocycles. The number of aliphatic hydroxyl groups excluding tert-OH is 4. The van der Waals surface area contributed by atoms with Crippen LogP contribution in [0, 0.1) is 0 Å². The summed E-state index contributed by atoms with van der Waals surface area (Å²) in [4.78, 5) is 12.7. The SMILES string of the molecule is CCCCCCCC/C=C\CCCCCCCCCC(=O)OC(COCCCCCCCCCCCC)COC1OC(CO)C(O)C(O)C1O. The van der Waals surface area contributed by atoms with Gasteiger partial charge in [0.25, 0.3) is 0 Å². The number of carbonyl (C=O) groups excluding carboxylic acids is 1. The first kappa shape index (κ1) is 47.0. The molecule has 0 aromatic carbocycles. The standard InChI is InChI=1S/C41H78O9/c1-3-5-7-9-11-13-15-16-17-18-19-20-21-22-24-26-28-30-37(43)49-35(33-47-31-29-27-25-23-14-12-10-8-6-4-2)34-48-41-40(46)39(45)38(44)36(32-42)50-41/h16-17,35-36,38-42,44-46H,3-15,18-34H2,1-2H3/b17-16-. The lowest BCUT2D eigenvalue weighted by Gasteiger charge is -2.39. The van der Waals surface area contributed by atoms with E-state index >= 15 is 0 Å². The van der Waals surface area contributed by atoms with Gasteiger partial charge >= 0.3 is 5.97 Å². The van der Waals surface area contributed by atoms with Crippen molar-refractivity contribution >= 4 is 5.97 Å². The van der Waals surface area contributed by atoms with Crippen molar-refractivity contribution in [2.75, 3.05) is 26.4 Å². The molecular formula is C41H78O9. The van der Waals surface area contributed by atoms with Crippen LogP contribution in [0.5, 0.6) is 0 Å². The third kappa shape index (κ3) is 25.0. The zero-order valence-electron chi connectivity index (χ0n) is 32.2. The van der Waals surface area contributed by atoms with Crippen molar-refractivity contribution in [1.29, 1.82) is 0 Å². The predicted molar refractivity (Wildman–Crippen MR) is 201 cm³/mol. The summed E-state index contributed by atoms with van der Waals surface area (Å²) in [5.74, 6) is -0.317. The van der Waals surface area contributed by atoms with Crippen LogP contribution in [0.1, 0.15) is 181 Å². The van der Waals surface area contributed by atoms with E-state index in [4.69, 9.17) is 18.9 Å². The van der Waals surface area contributed by atoms with Gasteiger partial charge < -0.3 is 39.4 Å². The third-order valence-electron chi connectivity index (χ3n) is 9.68. The van der Waals surface area contributed by atoms with Crippen molar-refractivity contribution in [3.8, 4) is 0 Å². The lowest BCUT2D eigenvalue weighted by Crippen LogP contribution is -2.59. The van der Waals surface area contributed by atoms with E-state index in [2.05, 4.69) is 26.0 Å². The molecule has 0 aromatic rings. The summed E-state index contributed by atoms with van der Waals surface area (Å²) in [7, 11) is 0. The summed E-state index contributed by atoms with van der Waals surface area (Å²) >= 11 is 0. The van der Waals surface area contributed by atoms with Gasteiger partial charge in [-0.05, 0) is 38.5 Å². The molecule has 1 rings (SSSR count). The van der Waals surface area contributed by atoms with Gasteiger partial charge in [0, 0.05) is 13.0 Å². The summed E-state index contributed by atoms with van der Waals surface area (Å²) < 4.78 is 22.7. The highest BCUT2D eigenvalue weighted by Gasteiger charge is 2.44. The Bertz CT molecular complexity index is 777. The van der Waals surface area contributed by atoms with Crippen LogP contribution in [0.3, 0.4) is 0 Å². The maximum atomic E-state index is 12.7. The fourth-order valence-electron chi connectivity index (χ4n) is 6.37. The number of hydrogen-bond acceptors (Lipinski definition) is 9. The van der Waals surface area contributed by atoms with Gasteiger partial charge in [0.05, 0.1) is 19.8 Å². The van der Waals surface area contributed by atoms with Crippen LogP contribution in [0.25, 0.3) is 0 Å². The maximum Gasteiger partial charge on any atom is 0.306 e. The molecule has 6 atom stereocenters. The monoisotopic (exact) mass is 715 g/mol. The molecule has 0 spiro atoms. The third-order valence-corrected chi connectivity index (χ3v) is 9.68. The van der Waals surface area contributed by atoms with Gasteiger partial charge in [0.1, 0.15) is 30.5 Å². The predicted octanol–water partition coefficient (Wildman–Crippen LogP) is 8.47. The number of hydrogen-bond donors (Lipinski definition) is 4. The molecule has 9 nitrogen and oxygen atoms in total. The molecule has 0 aromatic heterocycles. The highest BCUT2D eigenvalue weighted by molar-refractivity contribution is 5.69. The van der Waals surface area contributed by atoms with E-state index in [9.17, 15) is 25.2 Å². The molecule has 0 aliphatic carbocycles. The van der Waals surface area contributed by atoms with Gasteiger partial charge in [-0.2, -0.15) is 0 Å². The van der Waals surface area contributed by atoms with Crippen molar-refractivity contribution in [2.45, 2.75) is 218 Å². The molecule has 0 bridgehead atoms. The van der Waals surface area contributed by atoms with Gasteiger partial charge in [0.2, 0.25) is 0 Å². The van der Waals surface area contributed by atoms with E-state index < -0.39 is 43.4 Å². The summed E-state index contributed by atoms with van der Waals surface area (Å²) in [6, 6.07) is 0. The second-order valence-electron chi connectivity index (χ2n) is 14.4. The molecule has 9 heteroatoms. The fraction of sp³-hybridized carbons (Fsp3) is 0.927. The van der Waals surface area contributed by atoms with Crippen LogP contribution in [-0.2, 0) is 23.7 Å². The normalized spacial score (nSPS) is 21.6. The number of unbranched alkanes of at least 4 members (excludes halogenated alkanes) is 22.